The van der Waals surface area contributed by atoms with E-state index >= 15 is 0 Å². The van der Waals surface area contributed by atoms with Gasteiger partial charge in [-0.2, -0.15) is 0 Å². The van der Waals surface area contributed by atoms with Gasteiger partial charge >= 0.3 is 5.97 Å². The number of anilines is 3. The Kier molecular flexibility index (Phi) is 6.09. The van der Waals surface area contributed by atoms with Gasteiger partial charge in [-0.25, -0.2) is 4.79 Å². The highest BCUT2D eigenvalue weighted by molar-refractivity contribution is 5.90. The molecule has 26 heavy (non-hydrogen) atoms. The van der Waals surface area contributed by atoms with E-state index in [0.717, 1.165) is 42.8 Å². The molecule has 0 amide bonds. The largest absolute Gasteiger partial charge is 0.465 e. The van der Waals surface area contributed by atoms with Gasteiger partial charge in [0.1, 0.15) is 0 Å². The summed E-state index contributed by atoms with van der Waals surface area (Å²) in [4.78, 5) is 11.5. The second kappa shape index (κ2) is 8.69. The second-order valence-corrected chi connectivity index (χ2v) is 6.22. The fourth-order valence-electron chi connectivity index (χ4n) is 2.81. The molecule has 1 heterocycles. The number of hydrogen-bond donors (Lipinski definition) is 2. The summed E-state index contributed by atoms with van der Waals surface area (Å²) in [5, 5.41) is 3.25. The van der Waals surface area contributed by atoms with E-state index in [4.69, 9.17) is 19.9 Å². The van der Waals surface area contributed by atoms with Crippen molar-refractivity contribution < 1.29 is 19.0 Å². The SMILES string of the molecule is COC(=O)c1ccc(Nc2ccc(COC3CCCCO3)cc2N)cc1. The molecule has 0 aliphatic carbocycles. The van der Waals surface area contributed by atoms with Crippen LogP contribution in [0.4, 0.5) is 17.1 Å². The quantitative estimate of drug-likeness (QED) is 0.604. The van der Waals surface area contributed by atoms with E-state index in [2.05, 4.69) is 5.32 Å². The highest BCUT2D eigenvalue weighted by Crippen LogP contribution is 2.25. The van der Waals surface area contributed by atoms with Gasteiger partial charge in [-0.15, -0.1) is 0 Å². The standard InChI is InChI=1S/C20H24N2O4/c1-24-20(23)15-6-8-16(9-7-15)22-18-10-5-14(12-17(18)21)13-26-19-4-2-3-11-25-19/h5-10,12,19,22H,2-4,11,13,21H2,1H3. The van der Waals surface area contributed by atoms with Crippen molar-refractivity contribution in [2.24, 2.45) is 0 Å². The minimum Gasteiger partial charge on any atom is -0.465 e. The average Bonchev–Trinajstić information content (AvgIpc) is 2.69. The Morgan fingerprint density at radius 3 is 2.69 bits per heavy atom. The zero-order valence-corrected chi connectivity index (χ0v) is 14.9. The van der Waals surface area contributed by atoms with E-state index in [1.807, 2.05) is 30.3 Å². The fourth-order valence-corrected chi connectivity index (χ4v) is 2.81. The lowest BCUT2D eigenvalue weighted by molar-refractivity contribution is -0.168. The molecule has 0 radical (unpaired) electrons. The number of rotatable bonds is 6. The lowest BCUT2D eigenvalue weighted by Gasteiger charge is -2.22. The Bertz CT molecular complexity index is 740. The average molecular weight is 356 g/mol. The monoisotopic (exact) mass is 356 g/mol. The number of hydrogen-bond acceptors (Lipinski definition) is 6. The molecule has 1 saturated heterocycles. The van der Waals surface area contributed by atoms with Crippen LogP contribution in [0.2, 0.25) is 0 Å². The molecule has 0 spiro atoms. The third-order valence-electron chi connectivity index (χ3n) is 4.27. The first kappa shape index (κ1) is 18.2. The number of carbonyl (C=O) groups excluding carboxylic acids is 1. The number of benzene rings is 2. The van der Waals surface area contributed by atoms with E-state index in [1.54, 1.807) is 12.1 Å². The fraction of sp³-hybridized carbons (Fsp3) is 0.350. The molecule has 6 heteroatoms. The van der Waals surface area contributed by atoms with Crippen LogP contribution in [0.5, 0.6) is 0 Å². The smallest absolute Gasteiger partial charge is 0.337 e. The molecule has 1 aliphatic rings. The number of nitrogen functional groups attached to an aromatic ring is 1. The van der Waals surface area contributed by atoms with Gasteiger partial charge in [-0.1, -0.05) is 6.07 Å². The summed E-state index contributed by atoms with van der Waals surface area (Å²) in [5.41, 5.74) is 9.93. The molecule has 138 valence electrons. The number of esters is 1. The summed E-state index contributed by atoms with van der Waals surface area (Å²) in [6.07, 6.45) is 3.07. The van der Waals surface area contributed by atoms with Crippen molar-refractivity contribution in [1.29, 1.82) is 0 Å². The molecule has 0 aromatic heterocycles. The van der Waals surface area contributed by atoms with Crippen LogP contribution in [0.1, 0.15) is 35.2 Å². The van der Waals surface area contributed by atoms with Gasteiger partial charge in [0.25, 0.3) is 0 Å². The van der Waals surface area contributed by atoms with Gasteiger partial charge in [-0.05, 0) is 61.2 Å². The Labute approximate surface area is 153 Å². The molecule has 2 aromatic rings. The van der Waals surface area contributed by atoms with Crippen LogP contribution in [-0.4, -0.2) is 26.0 Å². The Morgan fingerprint density at radius 1 is 1.23 bits per heavy atom. The first-order valence-corrected chi connectivity index (χ1v) is 8.73. The minimum atomic E-state index is -0.359. The third kappa shape index (κ3) is 4.74. The van der Waals surface area contributed by atoms with Gasteiger partial charge < -0.3 is 25.3 Å². The highest BCUT2D eigenvalue weighted by atomic mass is 16.7. The van der Waals surface area contributed by atoms with Gasteiger partial charge in [-0.3, -0.25) is 0 Å². The second-order valence-electron chi connectivity index (χ2n) is 6.22. The predicted molar refractivity (Wildman–Crippen MR) is 100 cm³/mol. The van der Waals surface area contributed by atoms with E-state index in [0.29, 0.717) is 17.9 Å². The molecule has 0 bridgehead atoms. The summed E-state index contributed by atoms with van der Waals surface area (Å²) in [6.45, 7) is 1.24. The van der Waals surface area contributed by atoms with Crippen molar-refractivity contribution in [2.45, 2.75) is 32.2 Å². The Balaban J connectivity index is 1.59. The number of nitrogens with two attached hydrogens (primary N) is 1. The molecular weight excluding hydrogens is 332 g/mol. The van der Waals surface area contributed by atoms with Crippen LogP contribution in [0.15, 0.2) is 42.5 Å². The van der Waals surface area contributed by atoms with E-state index in [-0.39, 0.29) is 12.3 Å². The zero-order chi connectivity index (χ0) is 18.4. The van der Waals surface area contributed by atoms with Crippen molar-refractivity contribution in [3.05, 3.63) is 53.6 Å². The molecular formula is C20H24N2O4. The molecule has 1 unspecified atom stereocenters. The molecule has 3 N–H and O–H groups in total. The summed E-state index contributed by atoms with van der Waals surface area (Å²) in [6, 6.07) is 12.8. The summed E-state index contributed by atoms with van der Waals surface area (Å²) in [5.74, 6) is -0.359. The zero-order valence-electron chi connectivity index (χ0n) is 14.9. The van der Waals surface area contributed by atoms with Crippen LogP contribution in [-0.2, 0) is 20.8 Å². The lowest BCUT2D eigenvalue weighted by Crippen LogP contribution is -2.22. The first-order chi connectivity index (χ1) is 12.7. The van der Waals surface area contributed by atoms with Crippen LogP contribution < -0.4 is 11.1 Å². The van der Waals surface area contributed by atoms with Crippen molar-refractivity contribution in [3.8, 4) is 0 Å². The summed E-state index contributed by atoms with van der Waals surface area (Å²) < 4.78 is 16.0. The topological polar surface area (TPSA) is 82.8 Å². The number of nitrogens with one attached hydrogen (secondary N) is 1. The molecule has 0 saturated carbocycles. The van der Waals surface area contributed by atoms with Crippen molar-refractivity contribution >= 4 is 23.0 Å². The molecule has 1 atom stereocenters. The molecule has 6 nitrogen and oxygen atoms in total. The number of ether oxygens (including phenoxy) is 3. The lowest BCUT2D eigenvalue weighted by atomic mass is 10.1. The first-order valence-electron chi connectivity index (χ1n) is 8.73. The maximum atomic E-state index is 11.5. The molecule has 2 aromatic carbocycles. The summed E-state index contributed by atoms with van der Waals surface area (Å²) >= 11 is 0. The van der Waals surface area contributed by atoms with Gasteiger partial charge in [0.15, 0.2) is 6.29 Å². The van der Waals surface area contributed by atoms with Crippen LogP contribution in [0.25, 0.3) is 0 Å². The normalized spacial score (nSPS) is 16.9. The van der Waals surface area contributed by atoms with Crippen molar-refractivity contribution in [3.63, 3.8) is 0 Å². The number of methoxy groups -OCH3 is 1. The molecule has 1 aliphatic heterocycles. The van der Waals surface area contributed by atoms with Crippen molar-refractivity contribution in [1.82, 2.24) is 0 Å². The Hall–Kier alpha value is -2.57. The number of carbonyl (C=O) groups is 1. The summed E-state index contributed by atoms with van der Waals surface area (Å²) in [7, 11) is 1.36. The van der Waals surface area contributed by atoms with Crippen LogP contribution in [0, 0.1) is 0 Å². The minimum absolute atomic E-state index is 0.115. The van der Waals surface area contributed by atoms with Crippen LogP contribution in [0.3, 0.4) is 0 Å². The Morgan fingerprint density at radius 2 is 2.04 bits per heavy atom. The highest BCUT2D eigenvalue weighted by Gasteiger charge is 2.14. The molecule has 1 fully saturated rings. The van der Waals surface area contributed by atoms with E-state index in [9.17, 15) is 4.79 Å². The maximum Gasteiger partial charge on any atom is 0.337 e. The van der Waals surface area contributed by atoms with Crippen LogP contribution >= 0.6 is 0 Å². The van der Waals surface area contributed by atoms with Gasteiger partial charge in [0.2, 0.25) is 0 Å². The van der Waals surface area contributed by atoms with E-state index in [1.165, 1.54) is 7.11 Å². The third-order valence-corrected chi connectivity index (χ3v) is 4.27. The van der Waals surface area contributed by atoms with E-state index < -0.39 is 0 Å². The van der Waals surface area contributed by atoms with Gasteiger partial charge in [0.05, 0.1) is 30.7 Å². The molecule has 3 rings (SSSR count). The van der Waals surface area contributed by atoms with Gasteiger partial charge in [0, 0.05) is 12.3 Å². The van der Waals surface area contributed by atoms with Crippen molar-refractivity contribution in [2.75, 3.05) is 24.8 Å². The predicted octanol–water partition coefficient (Wildman–Crippen LogP) is 3.84. The maximum absolute atomic E-state index is 11.5.